The first-order chi connectivity index (χ1) is 9.04. The molecular formula is C15H22N2O2. The highest BCUT2D eigenvalue weighted by molar-refractivity contribution is 5.96. The van der Waals surface area contributed by atoms with Crippen LogP contribution in [0.2, 0.25) is 0 Å². The Morgan fingerprint density at radius 3 is 2.89 bits per heavy atom. The lowest BCUT2D eigenvalue weighted by Gasteiger charge is -2.38. The monoisotopic (exact) mass is 262 g/mol. The Morgan fingerprint density at radius 2 is 2.21 bits per heavy atom. The number of nitrogens with zero attached hydrogens (tertiary/aromatic N) is 1. The number of rotatable bonds is 2. The molecule has 2 rings (SSSR count). The van der Waals surface area contributed by atoms with Gasteiger partial charge in [0.15, 0.2) is 0 Å². The van der Waals surface area contributed by atoms with E-state index in [1.807, 2.05) is 43.9 Å². The second kappa shape index (κ2) is 5.72. The van der Waals surface area contributed by atoms with Gasteiger partial charge in [0.2, 0.25) is 0 Å². The number of morpholine rings is 1. The summed E-state index contributed by atoms with van der Waals surface area (Å²) in [5.41, 5.74) is 8.62. The molecule has 1 heterocycles. The van der Waals surface area contributed by atoms with Crippen LogP contribution in [0.3, 0.4) is 0 Å². The fraction of sp³-hybridized carbons (Fsp3) is 0.533. The van der Waals surface area contributed by atoms with Gasteiger partial charge in [-0.05, 0) is 38.0 Å². The fourth-order valence-electron chi connectivity index (χ4n) is 2.38. The zero-order valence-electron chi connectivity index (χ0n) is 11.8. The molecule has 1 amide bonds. The molecule has 104 valence electrons. The molecule has 1 fully saturated rings. The van der Waals surface area contributed by atoms with E-state index in [9.17, 15) is 4.79 Å². The number of nitrogens with two attached hydrogens (primary N) is 1. The third-order valence-corrected chi connectivity index (χ3v) is 3.86. The van der Waals surface area contributed by atoms with Crippen molar-refractivity contribution in [2.75, 3.05) is 19.7 Å². The van der Waals surface area contributed by atoms with E-state index in [2.05, 4.69) is 0 Å². The van der Waals surface area contributed by atoms with E-state index in [0.717, 1.165) is 16.7 Å². The fourth-order valence-corrected chi connectivity index (χ4v) is 2.38. The zero-order valence-corrected chi connectivity index (χ0v) is 11.8. The van der Waals surface area contributed by atoms with Crippen LogP contribution in [-0.4, -0.2) is 42.6 Å². The van der Waals surface area contributed by atoms with E-state index < -0.39 is 0 Å². The highest BCUT2D eigenvalue weighted by atomic mass is 16.5. The summed E-state index contributed by atoms with van der Waals surface area (Å²) in [4.78, 5) is 14.6. The predicted molar refractivity (Wildman–Crippen MR) is 75.2 cm³/mol. The molecule has 0 aromatic heterocycles. The van der Waals surface area contributed by atoms with Gasteiger partial charge in [-0.1, -0.05) is 12.1 Å². The molecule has 4 nitrogen and oxygen atoms in total. The van der Waals surface area contributed by atoms with Crippen molar-refractivity contribution < 1.29 is 9.53 Å². The maximum Gasteiger partial charge on any atom is 0.254 e. The Labute approximate surface area is 114 Å². The lowest BCUT2D eigenvalue weighted by atomic mass is 10.0. The van der Waals surface area contributed by atoms with Crippen molar-refractivity contribution in [1.29, 1.82) is 0 Å². The second-order valence-corrected chi connectivity index (χ2v) is 5.25. The number of benzene rings is 1. The number of hydrogen-bond donors (Lipinski definition) is 1. The minimum absolute atomic E-state index is 0.0507. The van der Waals surface area contributed by atoms with Gasteiger partial charge in [0.25, 0.3) is 5.91 Å². The molecule has 1 aliphatic rings. The maximum atomic E-state index is 12.7. The van der Waals surface area contributed by atoms with E-state index in [1.54, 1.807) is 0 Å². The molecule has 2 atom stereocenters. The molecule has 0 bridgehead atoms. The van der Waals surface area contributed by atoms with Crippen molar-refractivity contribution in [3.8, 4) is 0 Å². The molecule has 0 radical (unpaired) electrons. The Balaban J connectivity index is 2.24. The predicted octanol–water partition coefficient (Wildman–Crippen LogP) is 1.49. The number of aryl methyl sites for hydroxylation is 1. The first-order valence-electron chi connectivity index (χ1n) is 6.73. The second-order valence-electron chi connectivity index (χ2n) is 5.25. The van der Waals surface area contributed by atoms with Gasteiger partial charge in [0, 0.05) is 18.7 Å². The third kappa shape index (κ3) is 2.80. The van der Waals surface area contributed by atoms with E-state index in [1.165, 1.54) is 0 Å². The third-order valence-electron chi connectivity index (χ3n) is 3.86. The van der Waals surface area contributed by atoms with Crippen LogP contribution in [0, 0.1) is 13.8 Å². The molecule has 0 spiro atoms. The molecule has 4 heteroatoms. The molecule has 19 heavy (non-hydrogen) atoms. The molecule has 0 aliphatic carbocycles. The number of carbonyl (C=O) groups excluding carboxylic acids is 1. The van der Waals surface area contributed by atoms with Crippen LogP contribution in [0.15, 0.2) is 18.2 Å². The van der Waals surface area contributed by atoms with Crippen molar-refractivity contribution in [3.63, 3.8) is 0 Å². The van der Waals surface area contributed by atoms with Crippen LogP contribution in [0.1, 0.15) is 28.4 Å². The number of hydrogen-bond acceptors (Lipinski definition) is 3. The standard InChI is InChI=1S/C15H22N2O2/c1-10-5-4-6-14(12(10)3)15(18)17-8-13(7-16)19-9-11(17)2/h4-6,11,13H,7-9,16H2,1-3H3. The average molecular weight is 262 g/mol. The van der Waals surface area contributed by atoms with Crippen LogP contribution in [-0.2, 0) is 4.74 Å². The summed E-state index contributed by atoms with van der Waals surface area (Å²) in [6.45, 7) is 7.60. The molecule has 1 aromatic rings. The summed E-state index contributed by atoms with van der Waals surface area (Å²) in [6.07, 6.45) is -0.0507. The van der Waals surface area contributed by atoms with Crippen molar-refractivity contribution in [2.24, 2.45) is 5.73 Å². The van der Waals surface area contributed by atoms with Crippen LogP contribution >= 0.6 is 0 Å². The van der Waals surface area contributed by atoms with Crippen molar-refractivity contribution in [2.45, 2.75) is 32.9 Å². The SMILES string of the molecule is Cc1cccc(C(=O)N2CC(CN)OCC2C)c1C. The van der Waals surface area contributed by atoms with E-state index >= 15 is 0 Å². The molecule has 1 saturated heterocycles. The smallest absolute Gasteiger partial charge is 0.254 e. The Morgan fingerprint density at radius 1 is 1.47 bits per heavy atom. The first kappa shape index (κ1) is 14.0. The van der Waals surface area contributed by atoms with Crippen molar-refractivity contribution in [1.82, 2.24) is 4.90 Å². The molecule has 1 aromatic carbocycles. The largest absolute Gasteiger partial charge is 0.373 e. The molecule has 2 N–H and O–H groups in total. The maximum absolute atomic E-state index is 12.7. The van der Waals surface area contributed by atoms with Crippen molar-refractivity contribution in [3.05, 3.63) is 34.9 Å². The minimum atomic E-state index is -0.0507. The summed E-state index contributed by atoms with van der Waals surface area (Å²) >= 11 is 0. The zero-order chi connectivity index (χ0) is 14.0. The molecule has 2 unspecified atom stereocenters. The summed E-state index contributed by atoms with van der Waals surface area (Å²) in [7, 11) is 0. The highest BCUT2D eigenvalue weighted by Crippen LogP contribution is 2.19. The first-order valence-corrected chi connectivity index (χ1v) is 6.73. The Bertz CT molecular complexity index is 473. The summed E-state index contributed by atoms with van der Waals surface area (Å²) < 4.78 is 5.59. The highest BCUT2D eigenvalue weighted by Gasteiger charge is 2.30. The topological polar surface area (TPSA) is 55.6 Å². The van der Waals surface area contributed by atoms with Crippen molar-refractivity contribution >= 4 is 5.91 Å². The quantitative estimate of drug-likeness (QED) is 0.878. The summed E-state index contributed by atoms with van der Waals surface area (Å²) in [5, 5.41) is 0. The number of carbonyl (C=O) groups is 1. The van der Waals surface area contributed by atoms with Crippen LogP contribution < -0.4 is 5.73 Å². The summed E-state index contributed by atoms with van der Waals surface area (Å²) in [5.74, 6) is 0.0791. The van der Waals surface area contributed by atoms with Gasteiger partial charge in [0.1, 0.15) is 0 Å². The average Bonchev–Trinajstić information content (AvgIpc) is 2.42. The van der Waals surface area contributed by atoms with Gasteiger partial charge >= 0.3 is 0 Å². The summed E-state index contributed by atoms with van der Waals surface area (Å²) in [6, 6.07) is 5.94. The van der Waals surface area contributed by atoms with E-state index in [4.69, 9.17) is 10.5 Å². The Kier molecular flexibility index (Phi) is 4.22. The van der Waals surface area contributed by atoms with E-state index in [0.29, 0.717) is 19.7 Å². The van der Waals surface area contributed by atoms with Gasteiger partial charge < -0.3 is 15.4 Å². The molecule has 1 aliphatic heterocycles. The lowest BCUT2D eigenvalue weighted by molar-refractivity contribution is -0.0426. The van der Waals surface area contributed by atoms with Gasteiger partial charge in [-0.25, -0.2) is 0 Å². The van der Waals surface area contributed by atoms with Gasteiger partial charge in [-0.2, -0.15) is 0 Å². The van der Waals surface area contributed by atoms with Gasteiger partial charge in [0.05, 0.1) is 18.8 Å². The molecular weight excluding hydrogens is 240 g/mol. The van der Waals surface area contributed by atoms with Crippen LogP contribution in [0.5, 0.6) is 0 Å². The van der Waals surface area contributed by atoms with Crippen LogP contribution in [0.4, 0.5) is 0 Å². The molecule has 0 saturated carbocycles. The van der Waals surface area contributed by atoms with E-state index in [-0.39, 0.29) is 18.1 Å². The van der Waals surface area contributed by atoms with Crippen LogP contribution in [0.25, 0.3) is 0 Å². The normalized spacial score (nSPS) is 23.5. The minimum Gasteiger partial charge on any atom is -0.373 e. The Hall–Kier alpha value is -1.39. The van der Waals surface area contributed by atoms with Gasteiger partial charge in [-0.3, -0.25) is 4.79 Å². The number of amides is 1. The number of ether oxygens (including phenoxy) is 1. The van der Waals surface area contributed by atoms with Gasteiger partial charge in [-0.15, -0.1) is 0 Å². The lowest BCUT2D eigenvalue weighted by Crippen LogP contribution is -2.53.